The predicted molar refractivity (Wildman–Crippen MR) is 118 cm³/mol. The summed E-state index contributed by atoms with van der Waals surface area (Å²) in [5.74, 6) is -0.398. The fraction of sp³-hybridized carbons (Fsp3) is 0.318. The number of alkyl carbamates (subject to hydrolysis) is 1. The number of carbonyl (C=O) groups excluding carboxylic acids is 3. The Balaban J connectivity index is 1.98. The van der Waals surface area contributed by atoms with Crippen LogP contribution in [0.2, 0.25) is 5.02 Å². The highest BCUT2D eigenvalue weighted by molar-refractivity contribution is 6.31. The monoisotopic (exact) mass is 447 g/mol. The molecule has 9 heteroatoms. The minimum atomic E-state index is -0.682. The molecule has 0 spiro atoms. The average Bonchev–Trinajstić information content (AvgIpc) is 2.70. The molecule has 0 saturated carbocycles. The van der Waals surface area contributed by atoms with E-state index in [1.54, 1.807) is 57.2 Å². The maximum Gasteiger partial charge on any atom is 0.408 e. The smallest absolute Gasteiger partial charge is 0.408 e. The maximum absolute atomic E-state index is 12.6. The highest BCUT2D eigenvalue weighted by Gasteiger charge is 2.17. The number of anilines is 1. The Morgan fingerprint density at radius 3 is 2.42 bits per heavy atom. The molecule has 8 nitrogen and oxygen atoms in total. The van der Waals surface area contributed by atoms with Crippen LogP contribution in [0.4, 0.5) is 10.5 Å². The van der Waals surface area contributed by atoms with Gasteiger partial charge in [0, 0.05) is 17.3 Å². The van der Waals surface area contributed by atoms with E-state index in [2.05, 4.69) is 16.0 Å². The number of hydrogen-bond donors (Lipinski definition) is 3. The number of methoxy groups -OCH3 is 1. The predicted octanol–water partition coefficient (Wildman–Crippen LogP) is 3.74. The van der Waals surface area contributed by atoms with Crippen molar-refractivity contribution in [2.24, 2.45) is 0 Å². The molecule has 0 aliphatic rings. The SMILES string of the molecule is COc1ccc(Cl)cc1C(=O)NCc1ccccc1NC(=O)CNC(=O)OC(C)(C)C. The first-order valence-corrected chi connectivity index (χ1v) is 9.93. The Morgan fingerprint density at radius 2 is 1.74 bits per heavy atom. The number of carbonyl (C=O) groups is 3. The molecule has 0 heterocycles. The molecule has 0 aliphatic heterocycles. The summed E-state index contributed by atoms with van der Waals surface area (Å²) in [6.07, 6.45) is -0.682. The Kier molecular flexibility index (Phi) is 8.27. The molecule has 0 unspecified atom stereocenters. The third-order valence-electron chi connectivity index (χ3n) is 3.93. The standard InChI is InChI=1S/C22H26ClN3O5/c1-22(2,3)31-21(29)25-13-19(27)26-17-8-6-5-7-14(17)12-24-20(28)16-11-15(23)9-10-18(16)30-4/h5-11H,12-13H2,1-4H3,(H,24,28)(H,25,29)(H,26,27). The van der Waals surface area contributed by atoms with Crippen LogP contribution in [0.1, 0.15) is 36.7 Å². The van der Waals surface area contributed by atoms with Crippen molar-refractivity contribution in [3.8, 4) is 5.75 Å². The molecule has 0 fully saturated rings. The molecular formula is C22H26ClN3O5. The molecule has 2 aromatic carbocycles. The van der Waals surface area contributed by atoms with Gasteiger partial charge in [0.25, 0.3) is 5.91 Å². The van der Waals surface area contributed by atoms with E-state index in [0.29, 0.717) is 27.6 Å². The molecule has 31 heavy (non-hydrogen) atoms. The van der Waals surface area contributed by atoms with Crippen LogP contribution in [-0.4, -0.2) is 37.2 Å². The zero-order chi connectivity index (χ0) is 23.0. The number of halogens is 1. The minimum absolute atomic E-state index is 0.157. The van der Waals surface area contributed by atoms with E-state index in [4.69, 9.17) is 21.1 Å². The molecule has 166 valence electrons. The molecule has 3 amide bonds. The Labute approximate surface area is 186 Å². The summed E-state index contributed by atoms with van der Waals surface area (Å²) < 4.78 is 10.3. The van der Waals surface area contributed by atoms with E-state index in [1.165, 1.54) is 13.2 Å². The quantitative estimate of drug-likeness (QED) is 0.599. The van der Waals surface area contributed by atoms with Crippen LogP contribution in [-0.2, 0) is 16.1 Å². The van der Waals surface area contributed by atoms with Gasteiger partial charge in [0.05, 0.1) is 12.7 Å². The van der Waals surface area contributed by atoms with Crippen molar-refractivity contribution in [1.82, 2.24) is 10.6 Å². The van der Waals surface area contributed by atoms with E-state index >= 15 is 0 Å². The summed E-state index contributed by atoms with van der Waals surface area (Å²) in [5.41, 5.74) is 0.842. The Bertz CT molecular complexity index is 956. The van der Waals surface area contributed by atoms with Crippen LogP contribution in [0.5, 0.6) is 5.75 Å². The molecule has 0 radical (unpaired) electrons. The van der Waals surface area contributed by atoms with E-state index in [0.717, 1.165) is 0 Å². The van der Waals surface area contributed by atoms with Gasteiger partial charge in [-0.05, 0) is 50.6 Å². The zero-order valence-electron chi connectivity index (χ0n) is 17.9. The fourth-order valence-corrected chi connectivity index (χ4v) is 2.76. The van der Waals surface area contributed by atoms with Crippen molar-refractivity contribution in [1.29, 1.82) is 0 Å². The van der Waals surface area contributed by atoms with Crippen molar-refractivity contribution in [2.45, 2.75) is 32.9 Å². The van der Waals surface area contributed by atoms with E-state index in [-0.39, 0.29) is 19.0 Å². The van der Waals surface area contributed by atoms with Crippen LogP contribution in [0.3, 0.4) is 0 Å². The van der Waals surface area contributed by atoms with Crippen molar-refractivity contribution in [3.05, 3.63) is 58.6 Å². The van der Waals surface area contributed by atoms with Gasteiger partial charge in [-0.1, -0.05) is 29.8 Å². The number of rotatable bonds is 7. The van der Waals surface area contributed by atoms with Gasteiger partial charge in [0.1, 0.15) is 17.9 Å². The minimum Gasteiger partial charge on any atom is -0.496 e. The molecule has 0 bridgehead atoms. The second-order valence-electron chi connectivity index (χ2n) is 7.59. The highest BCUT2D eigenvalue weighted by atomic mass is 35.5. The van der Waals surface area contributed by atoms with Gasteiger partial charge < -0.3 is 25.4 Å². The molecule has 0 aliphatic carbocycles. The summed E-state index contributed by atoms with van der Waals surface area (Å²) >= 11 is 5.98. The van der Waals surface area contributed by atoms with Crippen LogP contribution in [0.25, 0.3) is 0 Å². The van der Waals surface area contributed by atoms with Crippen LogP contribution in [0, 0.1) is 0 Å². The number of amides is 3. The van der Waals surface area contributed by atoms with Crippen molar-refractivity contribution in [2.75, 3.05) is 19.0 Å². The summed E-state index contributed by atoms with van der Waals surface area (Å²) in [6, 6.07) is 11.8. The Morgan fingerprint density at radius 1 is 1.03 bits per heavy atom. The van der Waals surface area contributed by atoms with Gasteiger partial charge in [-0.3, -0.25) is 9.59 Å². The van der Waals surface area contributed by atoms with E-state index < -0.39 is 17.6 Å². The number of benzene rings is 2. The van der Waals surface area contributed by atoms with E-state index in [9.17, 15) is 14.4 Å². The second kappa shape index (κ2) is 10.7. The first kappa shape index (κ1) is 24.0. The van der Waals surface area contributed by atoms with Gasteiger partial charge in [0.15, 0.2) is 0 Å². The molecule has 2 rings (SSSR count). The number of hydrogen-bond acceptors (Lipinski definition) is 5. The van der Waals surface area contributed by atoms with E-state index in [1.807, 2.05) is 0 Å². The number of ether oxygens (including phenoxy) is 2. The van der Waals surface area contributed by atoms with Crippen molar-refractivity contribution >= 4 is 35.2 Å². The lowest BCUT2D eigenvalue weighted by molar-refractivity contribution is -0.115. The van der Waals surface area contributed by atoms with Gasteiger partial charge in [-0.25, -0.2) is 4.79 Å². The lowest BCUT2D eigenvalue weighted by Crippen LogP contribution is -2.37. The number of para-hydroxylation sites is 1. The summed E-state index contributed by atoms with van der Waals surface area (Å²) in [4.78, 5) is 36.5. The molecular weight excluding hydrogens is 422 g/mol. The number of nitrogens with one attached hydrogen (secondary N) is 3. The highest BCUT2D eigenvalue weighted by Crippen LogP contribution is 2.23. The normalized spacial score (nSPS) is 10.7. The Hall–Kier alpha value is -3.26. The molecule has 2 aromatic rings. The van der Waals surface area contributed by atoms with Gasteiger partial charge in [-0.2, -0.15) is 0 Å². The largest absolute Gasteiger partial charge is 0.496 e. The average molecular weight is 448 g/mol. The summed E-state index contributed by atoms with van der Waals surface area (Å²) in [6.45, 7) is 5.10. The molecule has 3 N–H and O–H groups in total. The molecule has 0 saturated heterocycles. The van der Waals surface area contributed by atoms with Gasteiger partial charge >= 0.3 is 6.09 Å². The lowest BCUT2D eigenvalue weighted by atomic mass is 10.1. The molecule has 0 atom stereocenters. The van der Waals surface area contributed by atoms with Crippen molar-refractivity contribution < 1.29 is 23.9 Å². The maximum atomic E-state index is 12.6. The van der Waals surface area contributed by atoms with Crippen LogP contribution >= 0.6 is 11.6 Å². The third kappa shape index (κ3) is 7.82. The third-order valence-corrected chi connectivity index (χ3v) is 4.16. The topological polar surface area (TPSA) is 106 Å². The summed E-state index contributed by atoms with van der Waals surface area (Å²) in [7, 11) is 1.47. The summed E-state index contributed by atoms with van der Waals surface area (Å²) in [5, 5.41) is 8.32. The van der Waals surface area contributed by atoms with Crippen molar-refractivity contribution in [3.63, 3.8) is 0 Å². The lowest BCUT2D eigenvalue weighted by Gasteiger charge is -2.19. The van der Waals surface area contributed by atoms with Gasteiger partial charge in [0.2, 0.25) is 5.91 Å². The first-order valence-electron chi connectivity index (χ1n) is 9.55. The molecule has 0 aromatic heterocycles. The first-order chi connectivity index (χ1) is 14.6. The van der Waals surface area contributed by atoms with Crippen LogP contribution in [0.15, 0.2) is 42.5 Å². The fourth-order valence-electron chi connectivity index (χ4n) is 2.59. The van der Waals surface area contributed by atoms with Crippen LogP contribution < -0.4 is 20.7 Å². The van der Waals surface area contributed by atoms with Gasteiger partial charge in [-0.15, -0.1) is 0 Å². The second-order valence-corrected chi connectivity index (χ2v) is 8.02. The zero-order valence-corrected chi connectivity index (χ0v) is 18.6.